The first-order chi connectivity index (χ1) is 15.2. The van der Waals surface area contributed by atoms with Crippen LogP contribution in [0.3, 0.4) is 0 Å². The molecule has 32 heavy (non-hydrogen) atoms. The molecule has 1 amide bonds. The highest BCUT2D eigenvalue weighted by Crippen LogP contribution is 2.30. The number of aromatic nitrogens is 1. The third-order valence-corrected chi connectivity index (χ3v) is 8.83. The third kappa shape index (κ3) is 6.52. The van der Waals surface area contributed by atoms with Gasteiger partial charge in [-0.1, -0.05) is 0 Å². The van der Waals surface area contributed by atoms with Gasteiger partial charge in [-0.05, 0) is 45.7 Å². The minimum Gasteiger partial charge on any atom is -0.453 e. The quantitative estimate of drug-likeness (QED) is 0.395. The Bertz CT molecular complexity index is 1050. The molecule has 1 N–H and O–H groups in total. The van der Waals surface area contributed by atoms with E-state index in [2.05, 4.69) is 29.4 Å². The van der Waals surface area contributed by atoms with Crippen molar-refractivity contribution in [3.05, 3.63) is 22.4 Å². The smallest absolute Gasteiger partial charge is 0.306 e. The minimum absolute atomic E-state index is 0.0243. The van der Waals surface area contributed by atoms with E-state index in [-0.39, 0.29) is 29.9 Å². The normalized spacial score (nSPS) is 18.3. The number of thiophene rings is 1. The molecule has 0 aliphatic carbocycles. The van der Waals surface area contributed by atoms with E-state index in [0.717, 1.165) is 15.7 Å². The van der Waals surface area contributed by atoms with Crippen molar-refractivity contribution >= 4 is 49.5 Å². The lowest BCUT2D eigenvalue weighted by atomic mass is 10.2. The Hall–Kier alpha value is -1.98. The van der Waals surface area contributed by atoms with Crippen molar-refractivity contribution < 1.29 is 22.7 Å². The molecule has 176 valence electrons. The standard InChI is InChI=1S/C21H29N3O5S3/c1-4-24(16-9-11-32(27,28)13-16)20(26)15(3)29-19(25)6-5-10-22-21-23-17(12-30-21)18-8-7-14(2)31-18/h7-8,12,15-16H,4-6,9-11,13H2,1-3H3,(H,22,23). The maximum Gasteiger partial charge on any atom is 0.306 e. The maximum absolute atomic E-state index is 12.7. The van der Waals surface area contributed by atoms with E-state index >= 15 is 0 Å². The van der Waals surface area contributed by atoms with Gasteiger partial charge in [0.15, 0.2) is 21.1 Å². The Morgan fingerprint density at radius 3 is 2.78 bits per heavy atom. The van der Waals surface area contributed by atoms with Gasteiger partial charge in [-0.25, -0.2) is 13.4 Å². The van der Waals surface area contributed by atoms with E-state index in [9.17, 15) is 18.0 Å². The Kier molecular flexibility index (Phi) is 8.29. The van der Waals surface area contributed by atoms with Gasteiger partial charge in [0.25, 0.3) is 5.91 Å². The number of amides is 1. The predicted molar refractivity (Wildman–Crippen MR) is 128 cm³/mol. The van der Waals surface area contributed by atoms with Gasteiger partial charge in [0.05, 0.1) is 22.1 Å². The molecule has 2 atom stereocenters. The molecule has 1 saturated heterocycles. The van der Waals surface area contributed by atoms with Crippen molar-refractivity contribution in [3.8, 4) is 10.6 Å². The zero-order valence-corrected chi connectivity index (χ0v) is 20.9. The molecule has 0 bridgehead atoms. The molecule has 2 unspecified atom stereocenters. The number of likely N-dealkylation sites (N-methyl/N-ethyl adjacent to an activating group) is 1. The topological polar surface area (TPSA) is 106 Å². The first-order valence-corrected chi connectivity index (χ1v) is 14.2. The summed E-state index contributed by atoms with van der Waals surface area (Å²) in [7, 11) is -3.10. The number of nitrogens with zero attached hydrogens (tertiary/aromatic N) is 2. The molecule has 1 aliphatic rings. The Morgan fingerprint density at radius 2 is 2.16 bits per heavy atom. The fraction of sp³-hybridized carbons (Fsp3) is 0.571. The number of carbonyl (C=O) groups is 2. The average Bonchev–Trinajstić information content (AvgIpc) is 3.46. The van der Waals surface area contributed by atoms with Crippen LogP contribution in [0.1, 0.15) is 38.0 Å². The number of aryl methyl sites for hydroxylation is 1. The van der Waals surface area contributed by atoms with Crippen LogP contribution in [0.25, 0.3) is 10.6 Å². The summed E-state index contributed by atoms with van der Waals surface area (Å²) < 4.78 is 28.7. The van der Waals surface area contributed by atoms with Crippen molar-refractivity contribution in [2.75, 3.05) is 29.9 Å². The average molecular weight is 500 g/mol. The third-order valence-electron chi connectivity index (χ3n) is 5.26. The van der Waals surface area contributed by atoms with Gasteiger partial charge >= 0.3 is 5.97 Å². The van der Waals surface area contributed by atoms with E-state index in [0.29, 0.717) is 25.9 Å². The summed E-state index contributed by atoms with van der Waals surface area (Å²) in [4.78, 5) is 33.3. The zero-order chi connectivity index (χ0) is 23.3. The van der Waals surface area contributed by atoms with Gasteiger partial charge in [0.2, 0.25) is 0 Å². The highest BCUT2D eigenvalue weighted by Gasteiger charge is 2.36. The Balaban J connectivity index is 1.39. The van der Waals surface area contributed by atoms with Crippen molar-refractivity contribution in [2.24, 2.45) is 0 Å². The lowest BCUT2D eigenvalue weighted by Gasteiger charge is -2.29. The van der Waals surface area contributed by atoms with Crippen LogP contribution in [0.2, 0.25) is 0 Å². The number of esters is 1. The lowest BCUT2D eigenvalue weighted by molar-refractivity contribution is -0.160. The summed E-state index contributed by atoms with van der Waals surface area (Å²) in [5.41, 5.74) is 0.942. The maximum atomic E-state index is 12.7. The molecule has 0 saturated carbocycles. The van der Waals surface area contributed by atoms with Crippen LogP contribution in [0.15, 0.2) is 17.5 Å². The summed E-state index contributed by atoms with van der Waals surface area (Å²) in [5.74, 6) is -0.725. The molecule has 11 heteroatoms. The number of nitrogens with one attached hydrogen (secondary N) is 1. The number of rotatable bonds is 10. The number of sulfone groups is 1. The number of carbonyl (C=O) groups excluding carboxylic acids is 2. The summed E-state index contributed by atoms with van der Waals surface area (Å²) in [5, 5.41) is 6.02. The van der Waals surface area contributed by atoms with E-state index in [1.807, 2.05) is 5.38 Å². The molecule has 8 nitrogen and oxygen atoms in total. The van der Waals surface area contributed by atoms with Crippen molar-refractivity contribution in [3.63, 3.8) is 0 Å². The van der Waals surface area contributed by atoms with Gasteiger partial charge in [0, 0.05) is 35.8 Å². The molecule has 3 heterocycles. The fourth-order valence-electron chi connectivity index (χ4n) is 3.62. The minimum atomic E-state index is -3.10. The molecule has 0 radical (unpaired) electrons. The number of hydrogen-bond donors (Lipinski definition) is 1. The van der Waals surface area contributed by atoms with Gasteiger partial charge in [0.1, 0.15) is 0 Å². The van der Waals surface area contributed by atoms with E-state index in [4.69, 9.17) is 4.74 Å². The number of anilines is 1. The molecular weight excluding hydrogens is 470 g/mol. The second-order valence-electron chi connectivity index (χ2n) is 7.79. The Labute approximate surface area is 196 Å². The van der Waals surface area contributed by atoms with Crippen LogP contribution in [-0.2, 0) is 24.2 Å². The van der Waals surface area contributed by atoms with Crippen molar-refractivity contribution in [2.45, 2.75) is 52.2 Å². The summed E-state index contributed by atoms with van der Waals surface area (Å²) in [6, 6.07) is 3.78. The van der Waals surface area contributed by atoms with Crippen LogP contribution in [0, 0.1) is 6.92 Å². The molecule has 0 aromatic carbocycles. The summed E-state index contributed by atoms with van der Waals surface area (Å²) in [6.07, 6.45) is 0.218. The van der Waals surface area contributed by atoms with Crippen molar-refractivity contribution in [1.29, 1.82) is 0 Å². The van der Waals surface area contributed by atoms with E-state index in [1.165, 1.54) is 28.0 Å². The molecule has 0 spiro atoms. The first-order valence-electron chi connectivity index (χ1n) is 10.6. The zero-order valence-electron chi connectivity index (χ0n) is 18.5. The molecule has 1 fully saturated rings. The monoisotopic (exact) mass is 499 g/mol. The summed E-state index contributed by atoms with van der Waals surface area (Å²) in [6.45, 7) is 6.34. The number of ether oxygens (including phenoxy) is 1. The highest BCUT2D eigenvalue weighted by atomic mass is 32.2. The summed E-state index contributed by atoms with van der Waals surface area (Å²) >= 11 is 3.22. The number of hydrogen-bond acceptors (Lipinski definition) is 9. The predicted octanol–water partition coefficient (Wildman–Crippen LogP) is 3.34. The van der Waals surface area contributed by atoms with Gasteiger partial charge in [-0.3, -0.25) is 9.59 Å². The number of thiazole rings is 1. The fourth-order valence-corrected chi connectivity index (χ4v) is 7.00. The largest absolute Gasteiger partial charge is 0.453 e. The SMILES string of the molecule is CCN(C(=O)C(C)OC(=O)CCCNc1nc(-c2ccc(C)s2)cs1)C1CCS(=O)(=O)C1. The van der Waals surface area contributed by atoms with E-state index in [1.54, 1.807) is 18.3 Å². The molecule has 1 aliphatic heterocycles. The lowest BCUT2D eigenvalue weighted by Crippen LogP contribution is -2.46. The molecular formula is C21H29N3O5S3. The second-order valence-corrected chi connectivity index (χ2v) is 12.2. The highest BCUT2D eigenvalue weighted by molar-refractivity contribution is 7.91. The molecule has 3 rings (SSSR count). The van der Waals surface area contributed by atoms with Gasteiger partial charge in [-0.15, -0.1) is 22.7 Å². The van der Waals surface area contributed by atoms with Gasteiger partial charge < -0.3 is 15.0 Å². The van der Waals surface area contributed by atoms with E-state index < -0.39 is 21.9 Å². The molecule has 2 aromatic rings. The van der Waals surface area contributed by atoms with Crippen LogP contribution < -0.4 is 5.32 Å². The van der Waals surface area contributed by atoms with Crippen LogP contribution in [0.4, 0.5) is 5.13 Å². The Morgan fingerprint density at radius 1 is 1.38 bits per heavy atom. The van der Waals surface area contributed by atoms with Crippen LogP contribution in [-0.4, -0.2) is 66.9 Å². The van der Waals surface area contributed by atoms with Crippen molar-refractivity contribution in [1.82, 2.24) is 9.88 Å². The van der Waals surface area contributed by atoms with Crippen LogP contribution in [0.5, 0.6) is 0 Å². The second kappa shape index (κ2) is 10.8. The molecule has 2 aromatic heterocycles. The van der Waals surface area contributed by atoms with Gasteiger partial charge in [-0.2, -0.15) is 0 Å². The van der Waals surface area contributed by atoms with Crippen LogP contribution >= 0.6 is 22.7 Å². The first kappa shape index (κ1) is 24.7.